The zero-order valence-electron chi connectivity index (χ0n) is 7.96. The minimum atomic E-state index is 0.454. The fourth-order valence-corrected chi connectivity index (χ4v) is 1.66. The van der Waals surface area contributed by atoms with Gasteiger partial charge in [-0.1, -0.05) is 13.3 Å². The highest BCUT2D eigenvalue weighted by Gasteiger charge is 2.18. The first-order valence-corrected chi connectivity index (χ1v) is 4.90. The van der Waals surface area contributed by atoms with E-state index in [9.17, 15) is 0 Å². The van der Waals surface area contributed by atoms with Crippen molar-refractivity contribution < 1.29 is 4.74 Å². The third-order valence-corrected chi connectivity index (χ3v) is 2.28. The summed E-state index contributed by atoms with van der Waals surface area (Å²) in [5.41, 5.74) is 5.50. The Morgan fingerprint density at radius 1 is 1.58 bits per heavy atom. The fourth-order valence-electron chi connectivity index (χ4n) is 1.66. The second kappa shape index (κ2) is 5.51. The molecular formula is C9H20N2O. The van der Waals surface area contributed by atoms with Crippen molar-refractivity contribution in [2.75, 3.05) is 32.8 Å². The molecule has 3 heteroatoms. The minimum Gasteiger partial charge on any atom is -0.376 e. The maximum atomic E-state index is 5.61. The van der Waals surface area contributed by atoms with Crippen LogP contribution < -0.4 is 5.73 Å². The maximum Gasteiger partial charge on any atom is 0.0702 e. The van der Waals surface area contributed by atoms with Crippen LogP contribution >= 0.6 is 0 Å². The smallest absolute Gasteiger partial charge is 0.0702 e. The van der Waals surface area contributed by atoms with Crippen LogP contribution in [0.3, 0.4) is 0 Å². The molecule has 1 fully saturated rings. The van der Waals surface area contributed by atoms with Crippen LogP contribution in [0.4, 0.5) is 0 Å². The van der Waals surface area contributed by atoms with E-state index in [4.69, 9.17) is 10.5 Å². The highest BCUT2D eigenvalue weighted by atomic mass is 16.5. The number of nitrogens with zero attached hydrogens (tertiary/aromatic N) is 1. The van der Waals surface area contributed by atoms with Gasteiger partial charge in [0.05, 0.1) is 12.7 Å². The normalized spacial score (nSPS) is 26.0. The van der Waals surface area contributed by atoms with Crippen LogP contribution in [0.2, 0.25) is 0 Å². The molecule has 0 amide bonds. The molecule has 1 aliphatic rings. The molecule has 12 heavy (non-hydrogen) atoms. The van der Waals surface area contributed by atoms with Crippen molar-refractivity contribution in [2.24, 2.45) is 5.73 Å². The number of rotatable bonds is 4. The number of nitrogens with two attached hydrogens (primary N) is 1. The molecule has 3 nitrogen and oxygen atoms in total. The molecule has 0 spiro atoms. The molecular weight excluding hydrogens is 152 g/mol. The zero-order valence-corrected chi connectivity index (χ0v) is 7.96. The van der Waals surface area contributed by atoms with Gasteiger partial charge in [0.2, 0.25) is 0 Å². The van der Waals surface area contributed by atoms with Crippen LogP contribution in [0.5, 0.6) is 0 Å². The summed E-state index contributed by atoms with van der Waals surface area (Å²) in [6.45, 7) is 6.99. The van der Waals surface area contributed by atoms with Gasteiger partial charge in [0, 0.05) is 26.2 Å². The topological polar surface area (TPSA) is 38.5 Å². The van der Waals surface area contributed by atoms with E-state index in [0.29, 0.717) is 6.10 Å². The third kappa shape index (κ3) is 3.09. The Bertz CT molecular complexity index is 103. The molecule has 2 N–H and O–H groups in total. The predicted molar refractivity (Wildman–Crippen MR) is 50.1 cm³/mol. The lowest BCUT2D eigenvalue weighted by Crippen LogP contribution is -2.44. The second-order valence-electron chi connectivity index (χ2n) is 3.37. The Balaban J connectivity index is 2.20. The highest BCUT2D eigenvalue weighted by Crippen LogP contribution is 2.09. The van der Waals surface area contributed by atoms with Crippen molar-refractivity contribution in [1.82, 2.24) is 4.90 Å². The molecule has 0 bridgehead atoms. The average Bonchev–Trinajstić information content (AvgIpc) is 2.06. The Morgan fingerprint density at radius 2 is 2.42 bits per heavy atom. The minimum absolute atomic E-state index is 0.454. The molecule has 1 atom stereocenters. The van der Waals surface area contributed by atoms with Gasteiger partial charge in [-0.2, -0.15) is 0 Å². The van der Waals surface area contributed by atoms with Crippen LogP contribution in [-0.4, -0.2) is 43.8 Å². The van der Waals surface area contributed by atoms with E-state index < -0.39 is 0 Å². The lowest BCUT2D eigenvalue weighted by molar-refractivity contribution is -0.0310. The van der Waals surface area contributed by atoms with Crippen molar-refractivity contribution in [3.8, 4) is 0 Å². The summed E-state index contributed by atoms with van der Waals surface area (Å²) in [5.74, 6) is 0. The van der Waals surface area contributed by atoms with Gasteiger partial charge in [-0.05, 0) is 6.42 Å². The maximum absolute atomic E-state index is 5.61. The van der Waals surface area contributed by atoms with Crippen LogP contribution in [0.25, 0.3) is 0 Å². The Kier molecular flexibility index (Phi) is 4.58. The highest BCUT2D eigenvalue weighted by molar-refractivity contribution is 4.70. The first-order chi connectivity index (χ1) is 5.86. The number of morpholine rings is 1. The van der Waals surface area contributed by atoms with Gasteiger partial charge in [-0.15, -0.1) is 0 Å². The lowest BCUT2D eigenvalue weighted by atomic mass is 10.2. The van der Waals surface area contributed by atoms with E-state index in [0.717, 1.165) is 32.8 Å². The van der Waals surface area contributed by atoms with Crippen molar-refractivity contribution in [1.29, 1.82) is 0 Å². The third-order valence-electron chi connectivity index (χ3n) is 2.28. The summed E-state index contributed by atoms with van der Waals surface area (Å²) in [7, 11) is 0. The Labute approximate surface area is 74.9 Å². The van der Waals surface area contributed by atoms with Crippen molar-refractivity contribution in [2.45, 2.75) is 25.9 Å². The van der Waals surface area contributed by atoms with Gasteiger partial charge in [0.1, 0.15) is 0 Å². The summed E-state index contributed by atoms with van der Waals surface area (Å²) >= 11 is 0. The summed E-state index contributed by atoms with van der Waals surface area (Å²) in [5, 5.41) is 0. The number of hydrogen-bond donors (Lipinski definition) is 1. The summed E-state index contributed by atoms with van der Waals surface area (Å²) in [6, 6.07) is 0. The van der Waals surface area contributed by atoms with E-state index in [2.05, 4.69) is 11.8 Å². The van der Waals surface area contributed by atoms with Crippen molar-refractivity contribution >= 4 is 0 Å². The van der Waals surface area contributed by atoms with E-state index in [1.165, 1.54) is 12.8 Å². The molecule has 1 aliphatic heterocycles. The molecule has 0 radical (unpaired) electrons. The summed E-state index contributed by atoms with van der Waals surface area (Å²) in [4.78, 5) is 2.39. The van der Waals surface area contributed by atoms with E-state index in [1.54, 1.807) is 0 Å². The van der Waals surface area contributed by atoms with Gasteiger partial charge in [0.15, 0.2) is 0 Å². The first kappa shape index (κ1) is 9.96. The van der Waals surface area contributed by atoms with Gasteiger partial charge in [-0.25, -0.2) is 0 Å². The molecule has 0 aliphatic carbocycles. The van der Waals surface area contributed by atoms with E-state index in [-0.39, 0.29) is 0 Å². The molecule has 0 aromatic carbocycles. The van der Waals surface area contributed by atoms with Gasteiger partial charge < -0.3 is 10.5 Å². The van der Waals surface area contributed by atoms with Crippen molar-refractivity contribution in [3.05, 3.63) is 0 Å². The fraction of sp³-hybridized carbons (Fsp3) is 1.00. The van der Waals surface area contributed by atoms with Gasteiger partial charge >= 0.3 is 0 Å². The molecule has 72 valence electrons. The second-order valence-corrected chi connectivity index (χ2v) is 3.37. The zero-order chi connectivity index (χ0) is 8.81. The summed E-state index contributed by atoms with van der Waals surface area (Å²) in [6.07, 6.45) is 2.85. The predicted octanol–water partition coefficient (Wildman–Crippen LogP) is 0.446. The monoisotopic (exact) mass is 172 g/mol. The van der Waals surface area contributed by atoms with Crippen LogP contribution in [0, 0.1) is 0 Å². The van der Waals surface area contributed by atoms with Gasteiger partial charge in [0.25, 0.3) is 0 Å². The molecule has 1 saturated heterocycles. The largest absolute Gasteiger partial charge is 0.376 e. The van der Waals surface area contributed by atoms with Crippen LogP contribution in [0.15, 0.2) is 0 Å². The molecule has 1 heterocycles. The SMILES string of the molecule is CCC[C@@H]1CN(CCN)CCO1. The Hall–Kier alpha value is -0.120. The molecule has 0 aromatic heterocycles. The number of hydrogen-bond acceptors (Lipinski definition) is 3. The first-order valence-electron chi connectivity index (χ1n) is 4.90. The Morgan fingerprint density at radius 3 is 3.08 bits per heavy atom. The molecule has 0 unspecified atom stereocenters. The standard InChI is InChI=1S/C9H20N2O/c1-2-3-9-8-11(5-4-10)6-7-12-9/h9H,2-8,10H2,1H3/t9-/m1/s1. The van der Waals surface area contributed by atoms with E-state index >= 15 is 0 Å². The molecule has 0 aromatic rings. The van der Waals surface area contributed by atoms with Crippen molar-refractivity contribution in [3.63, 3.8) is 0 Å². The summed E-state index contributed by atoms with van der Waals surface area (Å²) < 4.78 is 5.61. The number of ether oxygens (including phenoxy) is 1. The lowest BCUT2D eigenvalue weighted by Gasteiger charge is -2.32. The quantitative estimate of drug-likeness (QED) is 0.669. The van der Waals surface area contributed by atoms with Gasteiger partial charge in [-0.3, -0.25) is 4.90 Å². The van der Waals surface area contributed by atoms with Crippen LogP contribution in [0.1, 0.15) is 19.8 Å². The van der Waals surface area contributed by atoms with Crippen LogP contribution in [-0.2, 0) is 4.74 Å². The average molecular weight is 172 g/mol. The molecule has 0 saturated carbocycles. The van der Waals surface area contributed by atoms with E-state index in [1.807, 2.05) is 0 Å². The molecule has 1 rings (SSSR count).